The van der Waals surface area contributed by atoms with Crippen molar-refractivity contribution in [3.63, 3.8) is 0 Å². The van der Waals surface area contributed by atoms with Gasteiger partial charge in [-0.15, -0.1) is 0 Å². The molecule has 0 unspecified atom stereocenters. The molecule has 1 aromatic carbocycles. The van der Waals surface area contributed by atoms with E-state index in [9.17, 15) is 8.42 Å². The van der Waals surface area contributed by atoms with Crippen LogP contribution in [0, 0.1) is 0 Å². The smallest absolute Gasteiger partial charge is 0.324 e. The molecule has 4 heterocycles. The number of fused-ring (bicyclic) bond motifs is 1. The molecule has 3 aromatic heterocycles. The number of nitrogens with one attached hydrogen (secondary N) is 3. The van der Waals surface area contributed by atoms with Crippen LogP contribution >= 0.6 is 11.6 Å². The third kappa shape index (κ3) is 4.35. The summed E-state index contributed by atoms with van der Waals surface area (Å²) in [6.07, 6.45) is 5.20. The quantitative estimate of drug-likeness (QED) is 0.340. The molecule has 1 saturated heterocycles. The molecule has 1 saturated carbocycles. The molecule has 1 aliphatic carbocycles. The molecular formula is C23H23ClN6O3S. The first-order chi connectivity index (χ1) is 16.4. The standard InChI is InChI=1S/C23H23ClN6O3S/c24-22-15-5-8-25-16(15)3-4-19(22)33-23-26-17(14-6-9-34(31,32)10-7-14)11-20(28-23)27-21-12-18(29-30-21)13-1-2-13/h3-5,8,11-14,25H,1-2,6-7,9-10H2,(H2,26,27,28,29,30). The van der Waals surface area contributed by atoms with E-state index in [-0.39, 0.29) is 23.4 Å². The second kappa shape index (κ2) is 8.28. The van der Waals surface area contributed by atoms with Crippen LogP contribution in [-0.2, 0) is 9.84 Å². The van der Waals surface area contributed by atoms with Gasteiger partial charge < -0.3 is 15.0 Å². The third-order valence-electron chi connectivity index (χ3n) is 6.40. The van der Waals surface area contributed by atoms with Gasteiger partial charge in [0.15, 0.2) is 5.82 Å². The molecule has 9 nitrogen and oxygen atoms in total. The van der Waals surface area contributed by atoms with E-state index in [2.05, 4.69) is 30.5 Å². The number of H-pyrrole nitrogens is 2. The van der Waals surface area contributed by atoms with Crippen molar-refractivity contribution < 1.29 is 13.2 Å². The fraction of sp³-hybridized carbons (Fsp3) is 0.348. The lowest BCUT2D eigenvalue weighted by molar-refractivity contribution is 0.436. The van der Waals surface area contributed by atoms with Crippen LogP contribution < -0.4 is 10.1 Å². The maximum atomic E-state index is 11.9. The molecule has 1 aliphatic heterocycles. The van der Waals surface area contributed by atoms with Crippen molar-refractivity contribution in [3.8, 4) is 11.8 Å². The van der Waals surface area contributed by atoms with Crippen molar-refractivity contribution in [2.45, 2.75) is 37.5 Å². The SMILES string of the molecule is O=S1(=O)CCC(c2cc(Nc3cc(C4CC4)[nH]n3)nc(Oc3ccc4[nH]ccc4c3Cl)n2)CC1. The Morgan fingerprint density at radius 1 is 1.00 bits per heavy atom. The first kappa shape index (κ1) is 21.4. The number of benzene rings is 1. The Morgan fingerprint density at radius 2 is 1.82 bits per heavy atom. The van der Waals surface area contributed by atoms with Gasteiger partial charge in [0.2, 0.25) is 0 Å². The first-order valence-electron chi connectivity index (χ1n) is 11.3. The van der Waals surface area contributed by atoms with E-state index in [4.69, 9.17) is 16.3 Å². The minimum atomic E-state index is -2.99. The van der Waals surface area contributed by atoms with Gasteiger partial charge in [-0.1, -0.05) is 11.6 Å². The average molecular weight is 499 g/mol. The number of ether oxygens (including phenoxy) is 1. The number of aromatic nitrogens is 5. The van der Waals surface area contributed by atoms with E-state index < -0.39 is 9.84 Å². The van der Waals surface area contributed by atoms with Gasteiger partial charge in [-0.25, -0.2) is 8.42 Å². The summed E-state index contributed by atoms with van der Waals surface area (Å²) in [5, 5.41) is 12.0. The normalized spacial score (nSPS) is 18.3. The average Bonchev–Trinajstić information content (AvgIpc) is 3.36. The van der Waals surface area contributed by atoms with Gasteiger partial charge in [-0.3, -0.25) is 5.10 Å². The number of hydrogen-bond acceptors (Lipinski definition) is 7. The highest BCUT2D eigenvalue weighted by Crippen LogP contribution is 2.40. The predicted octanol–water partition coefficient (Wildman–Crippen LogP) is 5.04. The summed E-state index contributed by atoms with van der Waals surface area (Å²) in [6, 6.07) is 9.51. The van der Waals surface area contributed by atoms with Gasteiger partial charge in [-0.05, 0) is 43.9 Å². The molecule has 0 radical (unpaired) electrons. The van der Waals surface area contributed by atoms with Crippen molar-refractivity contribution in [1.82, 2.24) is 25.1 Å². The van der Waals surface area contributed by atoms with Gasteiger partial charge in [0.05, 0.1) is 22.2 Å². The number of rotatable bonds is 6. The summed E-state index contributed by atoms with van der Waals surface area (Å²) in [6.45, 7) is 0. The summed E-state index contributed by atoms with van der Waals surface area (Å²) < 4.78 is 29.9. The summed E-state index contributed by atoms with van der Waals surface area (Å²) in [7, 11) is -2.99. The topological polar surface area (TPSA) is 126 Å². The van der Waals surface area contributed by atoms with Gasteiger partial charge in [0, 0.05) is 46.8 Å². The number of aromatic amines is 2. The summed E-state index contributed by atoms with van der Waals surface area (Å²) in [5.41, 5.74) is 2.75. The summed E-state index contributed by atoms with van der Waals surface area (Å²) in [5.74, 6) is 2.49. The lowest BCUT2D eigenvalue weighted by Gasteiger charge is -2.22. The third-order valence-corrected chi connectivity index (χ3v) is 8.51. The molecule has 3 N–H and O–H groups in total. The maximum Gasteiger partial charge on any atom is 0.324 e. The monoisotopic (exact) mass is 498 g/mol. The van der Waals surface area contributed by atoms with Gasteiger partial charge in [0.25, 0.3) is 0 Å². The number of nitrogens with zero attached hydrogens (tertiary/aromatic N) is 3. The molecular weight excluding hydrogens is 476 g/mol. The van der Waals surface area contributed by atoms with E-state index in [1.54, 1.807) is 6.07 Å². The molecule has 0 bridgehead atoms. The van der Waals surface area contributed by atoms with Crippen LogP contribution in [-0.4, -0.2) is 45.1 Å². The molecule has 0 amide bonds. The number of anilines is 2. The molecule has 6 rings (SSSR count). The molecule has 34 heavy (non-hydrogen) atoms. The molecule has 0 spiro atoms. The molecule has 11 heteroatoms. The van der Waals surface area contributed by atoms with Gasteiger partial charge in [0.1, 0.15) is 21.4 Å². The largest absolute Gasteiger partial charge is 0.423 e. The predicted molar refractivity (Wildman–Crippen MR) is 130 cm³/mol. The van der Waals surface area contributed by atoms with Crippen molar-refractivity contribution >= 4 is 44.0 Å². The highest BCUT2D eigenvalue weighted by Gasteiger charge is 2.28. The highest BCUT2D eigenvalue weighted by atomic mass is 35.5. The van der Waals surface area contributed by atoms with Crippen LogP contribution in [0.4, 0.5) is 11.6 Å². The highest BCUT2D eigenvalue weighted by molar-refractivity contribution is 7.91. The van der Waals surface area contributed by atoms with Crippen LogP contribution in [0.15, 0.2) is 36.5 Å². The van der Waals surface area contributed by atoms with Crippen molar-refractivity contribution in [2.75, 3.05) is 16.8 Å². The lowest BCUT2D eigenvalue weighted by Crippen LogP contribution is -2.23. The van der Waals surface area contributed by atoms with E-state index in [0.717, 1.165) is 22.3 Å². The van der Waals surface area contributed by atoms with Crippen molar-refractivity contribution in [3.05, 3.63) is 52.9 Å². The molecule has 176 valence electrons. The molecule has 0 atom stereocenters. The number of sulfone groups is 1. The zero-order valence-electron chi connectivity index (χ0n) is 18.2. The van der Waals surface area contributed by atoms with E-state index >= 15 is 0 Å². The van der Waals surface area contributed by atoms with Crippen molar-refractivity contribution in [2.24, 2.45) is 0 Å². The van der Waals surface area contributed by atoms with E-state index in [0.29, 0.717) is 41.2 Å². The Labute approximate surface area is 201 Å². The van der Waals surface area contributed by atoms with E-state index in [1.165, 1.54) is 12.8 Å². The number of hydrogen-bond donors (Lipinski definition) is 3. The van der Waals surface area contributed by atoms with Gasteiger partial charge in [-0.2, -0.15) is 15.1 Å². The van der Waals surface area contributed by atoms with Crippen LogP contribution in [0.25, 0.3) is 10.9 Å². The first-order valence-corrected chi connectivity index (χ1v) is 13.5. The summed E-state index contributed by atoms with van der Waals surface area (Å²) >= 11 is 6.56. The Kier molecular flexibility index (Phi) is 5.22. The van der Waals surface area contributed by atoms with Crippen LogP contribution in [0.2, 0.25) is 5.02 Å². The summed E-state index contributed by atoms with van der Waals surface area (Å²) in [4.78, 5) is 12.3. The lowest BCUT2D eigenvalue weighted by atomic mass is 9.98. The Morgan fingerprint density at radius 3 is 2.62 bits per heavy atom. The maximum absolute atomic E-state index is 11.9. The fourth-order valence-corrected chi connectivity index (χ4v) is 6.09. The zero-order chi connectivity index (χ0) is 23.3. The second-order valence-corrected chi connectivity index (χ2v) is 11.6. The number of halogens is 1. The van der Waals surface area contributed by atoms with Crippen LogP contribution in [0.1, 0.15) is 48.9 Å². The van der Waals surface area contributed by atoms with Gasteiger partial charge >= 0.3 is 6.01 Å². The molecule has 4 aromatic rings. The Balaban J connectivity index is 1.33. The fourth-order valence-electron chi connectivity index (χ4n) is 4.34. The molecule has 2 aliphatic rings. The zero-order valence-corrected chi connectivity index (χ0v) is 19.8. The Hall–Kier alpha value is -3.11. The minimum absolute atomic E-state index is 0.00161. The molecule has 2 fully saturated rings. The van der Waals surface area contributed by atoms with Crippen LogP contribution in [0.3, 0.4) is 0 Å². The van der Waals surface area contributed by atoms with Crippen molar-refractivity contribution in [1.29, 1.82) is 0 Å². The Bertz CT molecular complexity index is 1460. The van der Waals surface area contributed by atoms with E-state index in [1.807, 2.05) is 30.5 Å². The second-order valence-electron chi connectivity index (χ2n) is 8.91. The minimum Gasteiger partial charge on any atom is -0.423 e. The van der Waals surface area contributed by atoms with Crippen LogP contribution in [0.5, 0.6) is 11.8 Å².